The van der Waals surface area contributed by atoms with E-state index in [1.807, 2.05) is 0 Å². The molecule has 1 aliphatic rings. The minimum Gasteiger partial charge on any atom is -0.495 e. The third-order valence-electron chi connectivity index (χ3n) is 2.89. The van der Waals surface area contributed by atoms with E-state index < -0.39 is 0 Å². The SMILES string of the molecule is COc1cc(C(=O)N[C@H]2CCNC2)ccc1N. The number of hydrogen-bond donors (Lipinski definition) is 3. The highest BCUT2D eigenvalue weighted by atomic mass is 16.5. The molecule has 1 aromatic rings. The Labute approximate surface area is 100 Å². The molecule has 1 saturated heterocycles. The molecule has 5 heteroatoms. The standard InChI is InChI=1S/C12H17N3O2/c1-17-11-6-8(2-3-10(11)13)12(16)15-9-4-5-14-7-9/h2-3,6,9,14H,4-5,7,13H2,1H3,(H,15,16)/t9-/m0/s1. The number of benzene rings is 1. The van der Waals surface area contributed by atoms with E-state index in [9.17, 15) is 4.79 Å². The molecule has 0 aliphatic carbocycles. The zero-order chi connectivity index (χ0) is 12.3. The lowest BCUT2D eigenvalue weighted by atomic mass is 10.1. The summed E-state index contributed by atoms with van der Waals surface area (Å²) < 4.78 is 5.09. The molecular formula is C12H17N3O2. The Hall–Kier alpha value is -1.75. The first-order valence-corrected chi connectivity index (χ1v) is 5.66. The van der Waals surface area contributed by atoms with Crippen LogP contribution in [0.5, 0.6) is 5.75 Å². The summed E-state index contributed by atoms with van der Waals surface area (Å²) in [5.41, 5.74) is 6.80. The van der Waals surface area contributed by atoms with E-state index in [4.69, 9.17) is 10.5 Å². The number of methoxy groups -OCH3 is 1. The van der Waals surface area contributed by atoms with Gasteiger partial charge in [-0.3, -0.25) is 4.79 Å². The number of amides is 1. The molecule has 0 spiro atoms. The average Bonchev–Trinajstić information content (AvgIpc) is 2.82. The number of ether oxygens (including phenoxy) is 1. The van der Waals surface area contributed by atoms with Gasteiger partial charge in [0.2, 0.25) is 0 Å². The lowest BCUT2D eigenvalue weighted by Gasteiger charge is -2.12. The molecule has 5 nitrogen and oxygen atoms in total. The van der Waals surface area contributed by atoms with Crippen LogP contribution in [-0.4, -0.2) is 32.1 Å². The van der Waals surface area contributed by atoms with Crippen molar-refractivity contribution in [1.82, 2.24) is 10.6 Å². The predicted molar refractivity (Wildman–Crippen MR) is 66.1 cm³/mol. The zero-order valence-electron chi connectivity index (χ0n) is 9.82. The van der Waals surface area contributed by atoms with Crippen molar-refractivity contribution in [3.63, 3.8) is 0 Å². The van der Waals surface area contributed by atoms with Crippen molar-refractivity contribution in [2.24, 2.45) is 0 Å². The van der Waals surface area contributed by atoms with Crippen LogP contribution in [0.2, 0.25) is 0 Å². The largest absolute Gasteiger partial charge is 0.495 e. The molecule has 92 valence electrons. The predicted octanol–water partition coefficient (Wildman–Crippen LogP) is 0.369. The summed E-state index contributed by atoms with van der Waals surface area (Å²) >= 11 is 0. The minimum absolute atomic E-state index is 0.0861. The normalized spacial score (nSPS) is 19.0. The fraction of sp³-hybridized carbons (Fsp3) is 0.417. The molecule has 0 radical (unpaired) electrons. The van der Waals surface area contributed by atoms with Crippen molar-refractivity contribution in [2.75, 3.05) is 25.9 Å². The average molecular weight is 235 g/mol. The number of nitrogens with one attached hydrogen (secondary N) is 2. The van der Waals surface area contributed by atoms with Gasteiger partial charge in [-0.2, -0.15) is 0 Å². The molecule has 1 aliphatic heterocycles. The van der Waals surface area contributed by atoms with E-state index in [-0.39, 0.29) is 11.9 Å². The third-order valence-corrected chi connectivity index (χ3v) is 2.89. The van der Waals surface area contributed by atoms with E-state index in [0.717, 1.165) is 19.5 Å². The van der Waals surface area contributed by atoms with Crippen LogP contribution in [-0.2, 0) is 0 Å². The van der Waals surface area contributed by atoms with Gasteiger partial charge in [-0.1, -0.05) is 0 Å². The molecular weight excluding hydrogens is 218 g/mol. The van der Waals surface area contributed by atoms with Gasteiger partial charge in [0.25, 0.3) is 5.91 Å². The van der Waals surface area contributed by atoms with Gasteiger partial charge >= 0.3 is 0 Å². The molecule has 1 amide bonds. The van der Waals surface area contributed by atoms with Crippen LogP contribution in [0.4, 0.5) is 5.69 Å². The van der Waals surface area contributed by atoms with E-state index in [0.29, 0.717) is 17.0 Å². The summed E-state index contributed by atoms with van der Waals surface area (Å²) in [6, 6.07) is 5.26. The van der Waals surface area contributed by atoms with Crippen LogP contribution in [0.3, 0.4) is 0 Å². The maximum atomic E-state index is 11.9. The fourth-order valence-corrected chi connectivity index (χ4v) is 1.90. The third kappa shape index (κ3) is 2.68. The van der Waals surface area contributed by atoms with Gasteiger partial charge < -0.3 is 21.1 Å². The molecule has 4 N–H and O–H groups in total. The smallest absolute Gasteiger partial charge is 0.251 e. The van der Waals surface area contributed by atoms with E-state index in [1.54, 1.807) is 18.2 Å². The van der Waals surface area contributed by atoms with Crippen molar-refractivity contribution >= 4 is 11.6 Å². The number of carbonyl (C=O) groups is 1. The molecule has 0 bridgehead atoms. The van der Waals surface area contributed by atoms with Gasteiger partial charge in [0.05, 0.1) is 12.8 Å². The number of hydrogen-bond acceptors (Lipinski definition) is 4. The highest BCUT2D eigenvalue weighted by molar-refractivity contribution is 5.95. The van der Waals surface area contributed by atoms with Gasteiger partial charge in [0.1, 0.15) is 5.75 Å². The zero-order valence-corrected chi connectivity index (χ0v) is 9.82. The summed E-state index contributed by atoms with van der Waals surface area (Å²) in [4.78, 5) is 11.9. The molecule has 2 rings (SSSR count). The molecule has 1 heterocycles. The van der Waals surface area contributed by atoms with Gasteiger partial charge in [-0.25, -0.2) is 0 Å². The molecule has 0 saturated carbocycles. The van der Waals surface area contributed by atoms with Crippen molar-refractivity contribution < 1.29 is 9.53 Å². The Kier molecular flexibility index (Phi) is 3.49. The molecule has 0 aromatic heterocycles. The Morgan fingerprint density at radius 3 is 3.06 bits per heavy atom. The quantitative estimate of drug-likeness (QED) is 0.662. The first-order valence-electron chi connectivity index (χ1n) is 5.66. The minimum atomic E-state index is -0.0861. The second kappa shape index (κ2) is 5.05. The van der Waals surface area contributed by atoms with Gasteiger partial charge in [-0.05, 0) is 31.2 Å². The van der Waals surface area contributed by atoms with Crippen LogP contribution in [0.15, 0.2) is 18.2 Å². The number of nitrogens with two attached hydrogens (primary N) is 1. The Morgan fingerprint density at radius 1 is 1.59 bits per heavy atom. The maximum Gasteiger partial charge on any atom is 0.251 e. The second-order valence-corrected chi connectivity index (χ2v) is 4.12. The summed E-state index contributed by atoms with van der Waals surface area (Å²) in [5, 5.41) is 6.17. The van der Waals surface area contributed by atoms with E-state index >= 15 is 0 Å². The lowest BCUT2D eigenvalue weighted by molar-refractivity contribution is 0.0940. The molecule has 1 fully saturated rings. The summed E-state index contributed by atoms with van der Waals surface area (Å²) in [6.07, 6.45) is 0.970. The topological polar surface area (TPSA) is 76.4 Å². The summed E-state index contributed by atoms with van der Waals surface area (Å²) in [6.45, 7) is 1.79. The monoisotopic (exact) mass is 235 g/mol. The van der Waals surface area contributed by atoms with Crippen LogP contribution >= 0.6 is 0 Å². The first-order chi connectivity index (χ1) is 8.20. The van der Waals surface area contributed by atoms with Crippen LogP contribution < -0.4 is 21.1 Å². The summed E-state index contributed by atoms with van der Waals surface area (Å²) in [5.74, 6) is 0.444. The van der Waals surface area contributed by atoms with Crippen molar-refractivity contribution in [3.8, 4) is 5.75 Å². The molecule has 17 heavy (non-hydrogen) atoms. The Bertz CT molecular complexity index is 414. The van der Waals surface area contributed by atoms with Crippen LogP contribution in [0.1, 0.15) is 16.8 Å². The molecule has 0 unspecified atom stereocenters. The number of anilines is 1. The Morgan fingerprint density at radius 2 is 2.41 bits per heavy atom. The maximum absolute atomic E-state index is 11.9. The summed E-state index contributed by atoms with van der Waals surface area (Å²) in [7, 11) is 1.54. The molecule has 1 atom stereocenters. The van der Waals surface area contributed by atoms with Crippen LogP contribution in [0.25, 0.3) is 0 Å². The fourth-order valence-electron chi connectivity index (χ4n) is 1.90. The lowest BCUT2D eigenvalue weighted by Crippen LogP contribution is -2.36. The number of nitrogen functional groups attached to an aromatic ring is 1. The highest BCUT2D eigenvalue weighted by Gasteiger charge is 2.18. The number of carbonyl (C=O) groups excluding carboxylic acids is 1. The first kappa shape index (κ1) is 11.7. The van der Waals surface area contributed by atoms with Crippen LogP contribution in [0, 0.1) is 0 Å². The second-order valence-electron chi connectivity index (χ2n) is 4.12. The Balaban J connectivity index is 2.07. The van der Waals surface area contributed by atoms with Gasteiger partial charge in [0.15, 0.2) is 0 Å². The van der Waals surface area contributed by atoms with E-state index in [1.165, 1.54) is 7.11 Å². The number of rotatable bonds is 3. The highest BCUT2D eigenvalue weighted by Crippen LogP contribution is 2.22. The van der Waals surface area contributed by atoms with Gasteiger partial charge in [0, 0.05) is 18.2 Å². The van der Waals surface area contributed by atoms with Crippen molar-refractivity contribution in [1.29, 1.82) is 0 Å². The van der Waals surface area contributed by atoms with Crippen molar-refractivity contribution in [2.45, 2.75) is 12.5 Å². The molecule has 1 aromatic carbocycles. The van der Waals surface area contributed by atoms with Crippen molar-refractivity contribution in [3.05, 3.63) is 23.8 Å². The van der Waals surface area contributed by atoms with Gasteiger partial charge in [-0.15, -0.1) is 0 Å². The van der Waals surface area contributed by atoms with E-state index in [2.05, 4.69) is 10.6 Å².